The zero-order valence-electron chi connectivity index (χ0n) is 14.2. The number of benzene rings is 2. The molecule has 4 rings (SSSR count). The first-order valence-corrected chi connectivity index (χ1v) is 8.55. The number of thiol groups is 1. The topological polar surface area (TPSA) is 49.3 Å². The normalized spacial score (nSPS) is 13.7. The molecule has 0 spiro atoms. The Labute approximate surface area is 159 Å². The summed E-state index contributed by atoms with van der Waals surface area (Å²) >= 11 is 4.19. The summed E-state index contributed by atoms with van der Waals surface area (Å²) < 4.78 is 29.9. The van der Waals surface area contributed by atoms with Crippen molar-refractivity contribution in [3.63, 3.8) is 0 Å². The van der Waals surface area contributed by atoms with E-state index in [-0.39, 0.29) is 12.4 Å². The minimum atomic E-state index is -0.865. The predicted molar refractivity (Wildman–Crippen MR) is 101 cm³/mol. The average molecular weight is 384 g/mol. The average Bonchev–Trinajstić information content (AvgIpc) is 2.65. The van der Waals surface area contributed by atoms with Crippen LogP contribution in [0.4, 0.5) is 25.1 Å². The van der Waals surface area contributed by atoms with Crippen LogP contribution >= 0.6 is 12.8 Å². The Morgan fingerprint density at radius 3 is 2.33 bits per heavy atom. The second kappa shape index (κ2) is 6.62. The second-order valence-corrected chi connectivity index (χ2v) is 6.52. The van der Waals surface area contributed by atoms with Gasteiger partial charge < -0.3 is 0 Å². The SMILES string of the molecule is Cc1nc(-c2ccccc2)c2c(n1)N(c1c(F)cccc1F)C(=O)N(S)C2. The smallest absolute Gasteiger partial charge is 0.266 e. The van der Waals surface area contributed by atoms with E-state index < -0.39 is 23.4 Å². The van der Waals surface area contributed by atoms with E-state index in [0.717, 1.165) is 26.9 Å². The van der Waals surface area contributed by atoms with Gasteiger partial charge in [0.2, 0.25) is 0 Å². The Balaban J connectivity index is 2.01. The summed E-state index contributed by atoms with van der Waals surface area (Å²) in [7, 11) is 0. The van der Waals surface area contributed by atoms with Crippen LogP contribution in [0.25, 0.3) is 11.3 Å². The molecule has 8 heteroatoms. The van der Waals surface area contributed by atoms with E-state index in [1.54, 1.807) is 6.92 Å². The Morgan fingerprint density at radius 1 is 1.00 bits per heavy atom. The second-order valence-electron chi connectivity index (χ2n) is 6.03. The molecule has 27 heavy (non-hydrogen) atoms. The van der Waals surface area contributed by atoms with E-state index in [4.69, 9.17) is 0 Å². The van der Waals surface area contributed by atoms with Crippen LogP contribution in [0.1, 0.15) is 11.4 Å². The fourth-order valence-corrected chi connectivity index (χ4v) is 3.30. The molecule has 3 aromatic rings. The molecule has 136 valence electrons. The molecular weight excluding hydrogens is 370 g/mol. The van der Waals surface area contributed by atoms with E-state index in [0.29, 0.717) is 17.1 Å². The van der Waals surface area contributed by atoms with E-state index in [1.807, 2.05) is 30.3 Å². The summed E-state index contributed by atoms with van der Waals surface area (Å²) in [6, 6.07) is 12.1. The molecule has 2 heterocycles. The van der Waals surface area contributed by atoms with Crippen LogP contribution in [-0.2, 0) is 6.54 Å². The molecule has 0 radical (unpaired) electrons. The van der Waals surface area contributed by atoms with Gasteiger partial charge in [-0.3, -0.25) is 4.31 Å². The Bertz CT molecular complexity index is 1030. The lowest BCUT2D eigenvalue weighted by Gasteiger charge is -2.34. The monoisotopic (exact) mass is 384 g/mol. The molecule has 0 bridgehead atoms. The Hall–Kier alpha value is -3.00. The van der Waals surface area contributed by atoms with Crippen molar-refractivity contribution in [1.82, 2.24) is 14.3 Å². The number of anilines is 2. The number of urea groups is 1. The highest BCUT2D eigenvalue weighted by molar-refractivity contribution is 7.78. The van der Waals surface area contributed by atoms with Crippen LogP contribution in [0.3, 0.4) is 0 Å². The van der Waals surface area contributed by atoms with Gasteiger partial charge in [0.1, 0.15) is 23.1 Å². The zero-order valence-corrected chi connectivity index (χ0v) is 15.1. The van der Waals surface area contributed by atoms with Crippen molar-refractivity contribution in [2.75, 3.05) is 4.90 Å². The third kappa shape index (κ3) is 2.91. The highest BCUT2D eigenvalue weighted by Crippen LogP contribution is 2.40. The molecule has 1 aliphatic heterocycles. The molecule has 2 amide bonds. The van der Waals surface area contributed by atoms with E-state index in [2.05, 4.69) is 22.8 Å². The van der Waals surface area contributed by atoms with Crippen LogP contribution in [0.5, 0.6) is 0 Å². The molecule has 2 aromatic carbocycles. The fourth-order valence-electron chi connectivity index (χ4n) is 3.07. The first-order valence-electron chi connectivity index (χ1n) is 8.15. The van der Waals surface area contributed by atoms with Crippen molar-refractivity contribution in [2.24, 2.45) is 0 Å². The molecular formula is C19H14F2N4OS. The van der Waals surface area contributed by atoms with Gasteiger partial charge in [-0.1, -0.05) is 49.2 Å². The fraction of sp³-hybridized carbons (Fsp3) is 0.105. The number of fused-ring (bicyclic) bond motifs is 1. The summed E-state index contributed by atoms with van der Waals surface area (Å²) in [5.41, 5.74) is 1.47. The standard InChI is InChI=1S/C19H14F2N4OS/c1-11-22-16(12-6-3-2-4-7-12)13-10-24(27)19(26)25(18(13)23-11)17-14(20)8-5-9-15(17)21/h2-9,27H,10H2,1H3. The molecule has 1 aromatic heterocycles. The number of aryl methyl sites for hydroxylation is 1. The number of hydrogen-bond acceptors (Lipinski definition) is 4. The summed E-state index contributed by atoms with van der Waals surface area (Å²) in [6.45, 7) is 1.77. The first kappa shape index (κ1) is 17.4. The van der Waals surface area contributed by atoms with Crippen molar-refractivity contribution < 1.29 is 13.6 Å². The molecule has 1 aliphatic rings. The number of carbonyl (C=O) groups is 1. The summed E-state index contributed by atoms with van der Waals surface area (Å²) in [5, 5.41) is 0. The van der Waals surface area contributed by atoms with Gasteiger partial charge in [0.25, 0.3) is 0 Å². The maximum absolute atomic E-state index is 14.4. The zero-order chi connectivity index (χ0) is 19.1. The quantitative estimate of drug-likeness (QED) is 0.655. The maximum Gasteiger partial charge on any atom is 0.340 e. The number of carbonyl (C=O) groups excluding carboxylic acids is 1. The van der Waals surface area contributed by atoms with Gasteiger partial charge in [-0.15, -0.1) is 0 Å². The number of nitrogens with zero attached hydrogens (tertiary/aromatic N) is 4. The summed E-state index contributed by atoms with van der Waals surface area (Å²) in [5.74, 6) is -1.19. The maximum atomic E-state index is 14.4. The van der Waals surface area contributed by atoms with Crippen molar-refractivity contribution >= 4 is 30.4 Å². The molecule has 0 saturated carbocycles. The van der Waals surface area contributed by atoms with Crippen molar-refractivity contribution in [3.8, 4) is 11.3 Å². The molecule has 0 unspecified atom stereocenters. The van der Waals surface area contributed by atoms with Gasteiger partial charge in [-0.05, 0) is 19.1 Å². The lowest BCUT2D eigenvalue weighted by atomic mass is 10.0. The first-order chi connectivity index (χ1) is 13.0. The highest BCUT2D eigenvalue weighted by atomic mass is 32.1. The molecule has 0 atom stereocenters. The highest BCUT2D eigenvalue weighted by Gasteiger charge is 2.36. The van der Waals surface area contributed by atoms with E-state index in [9.17, 15) is 13.6 Å². The lowest BCUT2D eigenvalue weighted by molar-refractivity contribution is 0.231. The van der Waals surface area contributed by atoms with Crippen LogP contribution in [0.15, 0.2) is 48.5 Å². The minimum Gasteiger partial charge on any atom is -0.266 e. The van der Waals surface area contributed by atoms with Gasteiger partial charge in [0, 0.05) is 11.1 Å². The largest absolute Gasteiger partial charge is 0.340 e. The van der Waals surface area contributed by atoms with E-state index in [1.165, 1.54) is 6.07 Å². The third-order valence-corrected chi connectivity index (χ3v) is 4.55. The summed E-state index contributed by atoms with van der Waals surface area (Å²) in [6.07, 6.45) is 0. The van der Waals surface area contributed by atoms with Gasteiger partial charge in [0.15, 0.2) is 5.82 Å². The molecule has 0 fully saturated rings. The minimum absolute atomic E-state index is 0.106. The molecule has 0 saturated heterocycles. The Kier molecular flexibility index (Phi) is 4.27. The van der Waals surface area contributed by atoms with Gasteiger partial charge in [0.05, 0.1) is 12.2 Å². The number of para-hydroxylation sites is 1. The molecule has 0 aliphatic carbocycles. The molecule has 5 nitrogen and oxygen atoms in total. The van der Waals surface area contributed by atoms with E-state index >= 15 is 0 Å². The number of hydrogen-bond donors (Lipinski definition) is 1. The lowest BCUT2D eigenvalue weighted by Crippen LogP contribution is -2.42. The number of halogens is 2. The molecule has 0 N–H and O–H groups in total. The van der Waals surface area contributed by atoms with Gasteiger partial charge in [-0.2, -0.15) is 0 Å². The summed E-state index contributed by atoms with van der Waals surface area (Å²) in [4.78, 5) is 22.5. The third-order valence-electron chi connectivity index (χ3n) is 4.24. The number of amides is 2. The predicted octanol–water partition coefficient (Wildman–Crippen LogP) is 4.65. The van der Waals surface area contributed by atoms with Gasteiger partial charge >= 0.3 is 6.03 Å². The van der Waals surface area contributed by atoms with Crippen LogP contribution in [-0.4, -0.2) is 20.3 Å². The number of aromatic nitrogens is 2. The Morgan fingerprint density at radius 2 is 1.67 bits per heavy atom. The van der Waals surface area contributed by atoms with Crippen molar-refractivity contribution in [2.45, 2.75) is 13.5 Å². The van der Waals surface area contributed by atoms with Crippen molar-refractivity contribution in [1.29, 1.82) is 0 Å². The van der Waals surface area contributed by atoms with Crippen LogP contribution in [0.2, 0.25) is 0 Å². The number of rotatable bonds is 2. The van der Waals surface area contributed by atoms with Crippen LogP contribution in [0, 0.1) is 18.6 Å². The van der Waals surface area contributed by atoms with Gasteiger partial charge in [-0.25, -0.2) is 28.4 Å². The van der Waals surface area contributed by atoms with Crippen molar-refractivity contribution in [3.05, 3.63) is 71.6 Å². The van der Waals surface area contributed by atoms with Crippen LogP contribution < -0.4 is 4.90 Å².